The first-order valence-electron chi connectivity index (χ1n) is 4.91. The van der Waals surface area contributed by atoms with Gasteiger partial charge in [0.15, 0.2) is 0 Å². The number of methoxy groups -OCH3 is 1. The van der Waals surface area contributed by atoms with Crippen molar-refractivity contribution in [2.75, 3.05) is 7.11 Å². The first-order valence-corrected chi connectivity index (χ1v) is 4.91. The zero-order valence-corrected chi connectivity index (χ0v) is 7.79. The van der Waals surface area contributed by atoms with Gasteiger partial charge in [0.05, 0.1) is 13.3 Å². The lowest BCUT2D eigenvalue weighted by molar-refractivity contribution is 0.280. The predicted octanol–water partition coefficient (Wildman–Crippen LogP) is 2.14. The van der Waals surface area contributed by atoms with Gasteiger partial charge in [-0.25, -0.2) is 0 Å². The fourth-order valence-electron chi connectivity index (χ4n) is 2.68. The quantitative estimate of drug-likeness (QED) is 0.652. The lowest BCUT2D eigenvalue weighted by Crippen LogP contribution is -2.18. The Kier molecular flexibility index (Phi) is 1.40. The first kappa shape index (κ1) is 7.36. The van der Waals surface area contributed by atoms with Gasteiger partial charge in [-0.3, -0.25) is 4.98 Å². The molecule has 1 heterocycles. The first-order chi connectivity index (χ1) is 6.40. The summed E-state index contributed by atoms with van der Waals surface area (Å²) >= 11 is 0. The summed E-state index contributed by atoms with van der Waals surface area (Å²) in [5, 5.41) is 0. The van der Waals surface area contributed by atoms with Crippen molar-refractivity contribution in [2.45, 2.75) is 25.2 Å². The number of hydrogen-bond donors (Lipinski definition) is 0. The number of nitrogens with zero attached hydrogens (tertiary/aromatic N) is 1. The van der Waals surface area contributed by atoms with Crippen molar-refractivity contribution in [1.29, 1.82) is 0 Å². The largest absolute Gasteiger partial charge is 0.495 e. The molecule has 0 spiro atoms. The Bertz CT molecular complexity index is 348. The predicted molar refractivity (Wildman–Crippen MR) is 50.0 cm³/mol. The number of ether oxygens (including phenoxy) is 1. The van der Waals surface area contributed by atoms with Gasteiger partial charge >= 0.3 is 0 Å². The van der Waals surface area contributed by atoms with Gasteiger partial charge < -0.3 is 4.74 Å². The highest BCUT2D eigenvalue weighted by Crippen LogP contribution is 2.52. The van der Waals surface area contributed by atoms with E-state index in [9.17, 15) is 0 Å². The molecule has 2 unspecified atom stereocenters. The highest BCUT2D eigenvalue weighted by Gasteiger charge is 2.40. The van der Waals surface area contributed by atoms with Crippen LogP contribution in [0.5, 0.6) is 5.75 Å². The van der Waals surface area contributed by atoms with E-state index < -0.39 is 0 Å². The summed E-state index contributed by atoms with van der Waals surface area (Å²) in [7, 11) is 1.73. The fraction of sp³-hybridized carbons (Fsp3) is 0.545. The molecule has 0 aromatic carbocycles. The van der Waals surface area contributed by atoms with E-state index in [4.69, 9.17) is 4.74 Å². The lowest BCUT2D eigenvalue weighted by Gasteiger charge is -2.30. The van der Waals surface area contributed by atoms with E-state index in [1.54, 1.807) is 7.11 Å². The van der Waals surface area contributed by atoms with Gasteiger partial charge in [0.25, 0.3) is 0 Å². The summed E-state index contributed by atoms with van der Waals surface area (Å²) in [5.74, 6) is 2.69. The molecule has 2 atom stereocenters. The minimum atomic E-state index is 0.803. The number of pyridine rings is 1. The molecule has 13 heavy (non-hydrogen) atoms. The summed E-state index contributed by atoms with van der Waals surface area (Å²) in [6, 6.07) is 0. The topological polar surface area (TPSA) is 22.1 Å². The van der Waals surface area contributed by atoms with Crippen LogP contribution in [0.25, 0.3) is 0 Å². The molecule has 0 saturated heterocycles. The number of hydrogen-bond acceptors (Lipinski definition) is 2. The molecule has 2 aliphatic carbocycles. The maximum atomic E-state index is 5.32. The lowest BCUT2D eigenvalue weighted by atomic mass is 9.75. The third-order valence-corrected chi connectivity index (χ3v) is 3.55. The molecular formula is C11H13NO. The zero-order chi connectivity index (χ0) is 8.84. The molecule has 0 radical (unpaired) electrons. The van der Waals surface area contributed by atoms with Crippen LogP contribution in [-0.4, -0.2) is 12.1 Å². The Labute approximate surface area is 77.9 Å². The fourth-order valence-corrected chi connectivity index (χ4v) is 2.68. The average Bonchev–Trinajstić information content (AvgIpc) is 2.37. The van der Waals surface area contributed by atoms with Crippen LogP contribution in [0, 0.1) is 5.92 Å². The molecule has 1 saturated carbocycles. The second-order valence-corrected chi connectivity index (χ2v) is 4.06. The maximum Gasteiger partial charge on any atom is 0.140 e. The molecule has 1 aromatic rings. The van der Waals surface area contributed by atoms with Crippen molar-refractivity contribution in [1.82, 2.24) is 4.98 Å². The molecule has 68 valence electrons. The molecule has 0 N–H and O–H groups in total. The summed E-state index contributed by atoms with van der Waals surface area (Å²) in [6.45, 7) is 0. The van der Waals surface area contributed by atoms with Crippen molar-refractivity contribution in [2.24, 2.45) is 5.92 Å². The van der Waals surface area contributed by atoms with Gasteiger partial charge in [0.1, 0.15) is 5.75 Å². The van der Waals surface area contributed by atoms with Crippen LogP contribution in [0.2, 0.25) is 0 Å². The van der Waals surface area contributed by atoms with Crippen molar-refractivity contribution >= 4 is 0 Å². The maximum absolute atomic E-state index is 5.32. The van der Waals surface area contributed by atoms with Gasteiger partial charge in [0, 0.05) is 11.8 Å². The van der Waals surface area contributed by atoms with E-state index in [0.29, 0.717) is 0 Å². The second-order valence-electron chi connectivity index (χ2n) is 4.06. The summed E-state index contributed by atoms with van der Waals surface area (Å²) in [5.41, 5.74) is 2.88. The van der Waals surface area contributed by atoms with Gasteiger partial charge in [-0.1, -0.05) is 0 Å². The molecule has 1 aromatic heterocycles. The van der Waals surface area contributed by atoms with E-state index in [0.717, 1.165) is 17.6 Å². The minimum absolute atomic E-state index is 0.803. The Hall–Kier alpha value is -1.05. The Morgan fingerprint density at radius 2 is 2.31 bits per heavy atom. The Morgan fingerprint density at radius 1 is 1.38 bits per heavy atom. The van der Waals surface area contributed by atoms with Crippen molar-refractivity contribution in [3.63, 3.8) is 0 Å². The number of aromatic nitrogens is 1. The van der Waals surface area contributed by atoms with Crippen molar-refractivity contribution < 1.29 is 4.74 Å². The van der Waals surface area contributed by atoms with Crippen LogP contribution >= 0.6 is 0 Å². The third kappa shape index (κ3) is 0.859. The van der Waals surface area contributed by atoms with E-state index in [2.05, 4.69) is 4.98 Å². The van der Waals surface area contributed by atoms with Gasteiger partial charge in [-0.15, -0.1) is 0 Å². The molecule has 2 aliphatic rings. The minimum Gasteiger partial charge on any atom is -0.495 e. The van der Waals surface area contributed by atoms with Gasteiger partial charge in [-0.05, 0) is 36.7 Å². The second kappa shape index (κ2) is 2.47. The Morgan fingerprint density at radius 3 is 3.00 bits per heavy atom. The summed E-state index contributed by atoms with van der Waals surface area (Å²) in [6.07, 6.45) is 7.83. The van der Waals surface area contributed by atoms with Crippen molar-refractivity contribution in [3.05, 3.63) is 23.5 Å². The standard InChI is InChI=1S/C11H13NO/c1-13-11-6-12-5-10-8-3-2-7(8)4-9(10)11/h5-8H,2-4H2,1H3. The van der Waals surface area contributed by atoms with Crippen LogP contribution in [-0.2, 0) is 6.42 Å². The molecule has 0 amide bonds. The molecule has 0 aliphatic heterocycles. The van der Waals surface area contributed by atoms with Crippen LogP contribution in [0.3, 0.4) is 0 Å². The van der Waals surface area contributed by atoms with Crippen LogP contribution < -0.4 is 4.74 Å². The highest BCUT2D eigenvalue weighted by molar-refractivity contribution is 5.45. The van der Waals surface area contributed by atoms with Gasteiger partial charge in [0.2, 0.25) is 0 Å². The molecule has 0 bridgehead atoms. The molecule has 2 heteroatoms. The van der Waals surface area contributed by atoms with E-state index in [-0.39, 0.29) is 0 Å². The monoisotopic (exact) mass is 175 g/mol. The zero-order valence-electron chi connectivity index (χ0n) is 7.79. The van der Waals surface area contributed by atoms with Crippen LogP contribution in [0.1, 0.15) is 29.9 Å². The van der Waals surface area contributed by atoms with Crippen molar-refractivity contribution in [3.8, 4) is 5.75 Å². The number of fused-ring (bicyclic) bond motifs is 3. The normalized spacial score (nSPS) is 29.0. The van der Waals surface area contributed by atoms with Gasteiger partial charge in [-0.2, -0.15) is 0 Å². The summed E-state index contributed by atoms with van der Waals surface area (Å²) in [4.78, 5) is 4.22. The molecular weight excluding hydrogens is 162 g/mol. The smallest absolute Gasteiger partial charge is 0.140 e. The average molecular weight is 175 g/mol. The summed E-state index contributed by atoms with van der Waals surface area (Å²) < 4.78 is 5.32. The Balaban J connectivity index is 2.11. The van der Waals surface area contributed by atoms with Crippen LogP contribution in [0.4, 0.5) is 0 Å². The SMILES string of the molecule is COc1cncc2c1CC1CCC21. The van der Waals surface area contributed by atoms with E-state index >= 15 is 0 Å². The number of rotatable bonds is 1. The van der Waals surface area contributed by atoms with Crippen LogP contribution in [0.15, 0.2) is 12.4 Å². The van der Waals surface area contributed by atoms with E-state index in [1.165, 1.54) is 30.4 Å². The molecule has 1 fully saturated rings. The molecule has 3 rings (SSSR count). The van der Waals surface area contributed by atoms with E-state index in [1.807, 2.05) is 12.4 Å². The molecule has 2 nitrogen and oxygen atoms in total. The highest BCUT2D eigenvalue weighted by atomic mass is 16.5. The third-order valence-electron chi connectivity index (χ3n) is 3.55.